The number of aryl methyl sites for hydroxylation is 2. The van der Waals surface area contributed by atoms with E-state index in [4.69, 9.17) is 4.74 Å². The van der Waals surface area contributed by atoms with E-state index in [1.165, 1.54) is 11.1 Å². The van der Waals surface area contributed by atoms with Gasteiger partial charge in [0.15, 0.2) is 0 Å². The lowest BCUT2D eigenvalue weighted by atomic mass is 10.1. The number of hydrogen-bond donors (Lipinski definition) is 0. The molecule has 1 aliphatic rings. The fourth-order valence-electron chi connectivity index (χ4n) is 2.44. The minimum absolute atomic E-state index is 0.216. The van der Waals surface area contributed by atoms with Crippen LogP contribution in [0.3, 0.4) is 0 Å². The van der Waals surface area contributed by atoms with E-state index < -0.39 is 0 Å². The summed E-state index contributed by atoms with van der Waals surface area (Å²) in [6, 6.07) is 8.14. The van der Waals surface area contributed by atoms with Gasteiger partial charge in [0.25, 0.3) is 0 Å². The number of nitrogens with zero attached hydrogens (tertiary/aromatic N) is 1. The highest BCUT2D eigenvalue weighted by Gasteiger charge is 2.22. The van der Waals surface area contributed by atoms with Crippen molar-refractivity contribution in [1.29, 1.82) is 0 Å². The van der Waals surface area contributed by atoms with Gasteiger partial charge < -0.3 is 9.30 Å². The molecule has 2 aromatic rings. The molecule has 1 aromatic heterocycles. The third-order valence-electron chi connectivity index (χ3n) is 3.09. The Morgan fingerprint density at radius 1 is 1.50 bits per heavy atom. The maximum atomic E-state index is 11.8. The quantitative estimate of drug-likeness (QED) is 0.720. The van der Waals surface area contributed by atoms with Crippen molar-refractivity contribution in [3.05, 3.63) is 35.5 Å². The van der Waals surface area contributed by atoms with Gasteiger partial charge in [0.05, 0.1) is 12.1 Å². The van der Waals surface area contributed by atoms with E-state index >= 15 is 0 Å². The molecule has 0 N–H and O–H groups in total. The number of hydrogen-bond acceptors (Lipinski definition) is 2. The average Bonchev–Trinajstić information content (AvgIpc) is 2.86. The summed E-state index contributed by atoms with van der Waals surface area (Å²) in [4.78, 5) is 11.8. The van der Waals surface area contributed by atoms with E-state index in [2.05, 4.69) is 10.6 Å². The van der Waals surface area contributed by atoms with Crippen molar-refractivity contribution in [1.82, 2.24) is 4.57 Å². The molecule has 3 rings (SSSR count). The summed E-state index contributed by atoms with van der Waals surface area (Å²) >= 11 is 0. The lowest BCUT2D eigenvalue weighted by molar-refractivity contribution is 0.0515. The van der Waals surface area contributed by atoms with Crippen molar-refractivity contribution >= 4 is 16.9 Å². The van der Waals surface area contributed by atoms with E-state index in [9.17, 15) is 4.79 Å². The Bertz CT molecular complexity index is 569. The van der Waals surface area contributed by atoms with Crippen molar-refractivity contribution in [2.24, 2.45) is 0 Å². The van der Waals surface area contributed by atoms with Crippen LogP contribution in [0.4, 0.5) is 0 Å². The third kappa shape index (κ3) is 1.18. The Kier molecular flexibility index (Phi) is 1.99. The first-order valence-corrected chi connectivity index (χ1v) is 5.59. The molecule has 16 heavy (non-hydrogen) atoms. The predicted molar refractivity (Wildman–Crippen MR) is 61.6 cm³/mol. The van der Waals surface area contributed by atoms with Gasteiger partial charge in [0, 0.05) is 11.9 Å². The number of carbonyl (C=O) groups is 1. The van der Waals surface area contributed by atoms with Gasteiger partial charge in [-0.2, -0.15) is 0 Å². The number of esters is 1. The highest BCUT2D eigenvalue weighted by atomic mass is 16.5. The molecule has 0 saturated carbocycles. The van der Waals surface area contributed by atoms with Crippen LogP contribution in [0, 0.1) is 0 Å². The van der Waals surface area contributed by atoms with E-state index in [0.29, 0.717) is 12.3 Å². The fourth-order valence-corrected chi connectivity index (χ4v) is 2.44. The molecule has 0 saturated heterocycles. The van der Waals surface area contributed by atoms with Gasteiger partial charge in [-0.15, -0.1) is 0 Å². The molecule has 82 valence electrons. The summed E-state index contributed by atoms with van der Waals surface area (Å²) in [5, 5.41) is 1.14. The number of para-hydroxylation sites is 1. The van der Waals surface area contributed by atoms with Crippen LogP contribution in [-0.4, -0.2) is 17.1 Å². The normalized spacial score (nSPS) is 13.3. The van der Waals surface area contributed by atoms with Crippen molar-refractivity contribution in [2.75, 3.05) is 6.61 Å². The van der Waals surface area contributed by atoms with Crippen LogP contribution in [0.5, 0.6) is 0 Å². The SMILES string of the molecule is CCOC(=O)c1cc2cccc3c2n1CC3. The lowest BCUT2D eigenvalue weighted by Gasteiger charge is -2.03. The fraction of sp³-hybridized carbons (Fsp3) is 0.308. The molecule has 0 radical (unpaired) electrons. The Labute approximate surface area is 93.6 Å². The summed E-state index contributed by atoms with van der Waals surface area (Å²) in [5.41, 5.74) is 3.21. The third-order valence-corrected chi connectivity index (χ3v) is 3.09. The topological polar surface area (TPSA) is 31.2 Å². The Morgan fingerprint density at radius 2 is 2.38 bits per heavy atom. The van der Waals surface area contributed by atoms with Gasteiger partial charge in [0.2, 0.25) is 0 Å². The second-order valence-electron chi connectivity index (χ2n) is 4.01. The van der Waals surface area contributed by atoms with Gasteiger partial charge in [-0.25, -0.2) is 4.79 Å². The number of carbonyl (C=O) groups excluding carboxylic acids is 1. The maximum Gasteiger partial charge on any atom is 0.354 e. The second kappa shape index (κ2) is 3.37. The molecule has 3 nitrogen and oxygen atoms in total. The van der Waals surface area contributed by atoms with Crippen LogP contribution in [0.1, 0.15) is 23.0 Å². The van der Waals surface area contributed by atoms with E-state index in [-0.39, 0.29) is 5.97 Å². The van der Waals surface area contributed by atoms with Crippen molar-refractivity contribution in [3.8, 4) is 0 Å². The van der Waals surface area contributed by atoms with Crippen LogP contribution in [0.25, 0.3) is 10.9 Å². The first-order chi connectivity index (χ1) is 7.81. The molecule has 0 spiro atoms. The molecule has 3 heteroatoms. The minimum atomic E-state index is -0.216. The average molecular weight is 215 g/mol. The summed E-state index contributed by atoms with van der Waals surface area (Å²) in [6.07, 6.45) is 1.01. The molecule has 0 aliphatic carbocycles. The first-order valence-electron chi connectivity index (χ1n) is 5.59. The highest BCUT2D eigenvalue weighted by molar-refractivity contribution is 5.97. The molecule has 2 heterocycles. The van der Waals surface area contributed by atoms with E-state index in [1.54, 1.807) is 0 Å². The van der Waals surface area contributed by atoms with Crippen LogP contribution in [0.15, 0.2) is 24.3 Å². The molecular formula is C13H13NO2. The molecular weight excluding hydrogens is 202 g/mol. The molecule has 0 atom stereocenters. The molecule has 0 unspecified atom stereocenters. The zero-order valence-corrected chi connectivity index (χ0v) is 9.19. The monoisotopic (exact) mass is 215 g/mol. The zero-order chi connectivity index (χ0) is 11.1. The molecule has 0 bridgehead atoms. The summed E-state index contributed by atoms with van der Waals surface area (Å²) in [6.45, 7) is 3.14. The standard InChI is InChI=1S/C13H13NO2/c1-2-16-13(15)11-8-10-5-3-4-9-6-7-14(11)12(9)10/h3-5,8H,2,6-7H2,1H3. The Morgan fingerprint density at radius 3 is 3.19 bits per heavy atom. The zero-order valence-electron chi connectivity index (χ0n) is 9.19. The van der Waals surface area contributed by atoms with Gasteiger partial charge in [0.1, 0.15) is 5.69 Å². The van der Waals surface area contributed by atoms with Gasteiger partial charge in [-0.3, -0.25) is 0 Å². The minimum Gasteiger partial charge on any atom is -0.461 e. The Hall–Kier alpha value is -1.77. The summed E-state index contributed by atoms with van der Waals surface area (Å²) in [7, 11) is 0. The lowest BCUT2D eigenvalue weighted by Crippen LogP contribution is -2.10. The largest absolute Gasteiger partial charge is 0.461 e. The Balaban J connectivity index is 2.20. The molecule has 0 amide bonds. The smallest absolute Gasteiger partial charge is 0.354 e. The van der Waals surface area contributed by atoms with Crippen LogP contribution in [0.2, 0.25) is 0 Å². The van der Waals surface area contributed by atoms with E-state index in [0.717, 1.165) is 18.4 Å². The summed E-state index contributed by atoms with van der Waals surface area (Å²) in [5.74, 6) is -0.216. The van der Waals surface area contributed by atoms with Crippen LogP contribution in [-0.2, 0) is 17.7 Å². The first kappa shape index (κ1) is 9.46. The number of aromatic nitrogens is 1. The maximum absolute atomic E-state index is 11.8. The molecule has 1 aliphatic heterocycles. The van der Waals surface area contributed by atoms with Gasteiger partial charge >= 0.3 is 5.97 Å². The molecule has 1 aromatic carbocycles. The van der Waals surface area contributed by atoms with Crippen LogP contribution < -0.4 is 0 Å². The second-order valence-corrected chi connectivity index (χ2v) is 4.01. The highest BCUT2D eigenvalue weighted by Crippen LogP contribution is 2.29. The number of rotatable bonds is 2. The van der Waals surface area contributed by atoms with Crippen molar-refractivity contribution in [2.45, 2.75) is 19.9 Å². The van der Waals surface area contributed by atoms with Crippen molar-refractivity contribution in [3.63, 3.8) is 0 Å². The number of benzene rings is 1. The van der Waals surface area contributed by atoms with Gasteiger partial charge in [-0.1, -0.05) is 18.2 Å². The molecule has 0 fully saturated rings. The van der Waals surface area contributed by atoms with Crippen LogP contribution >= 0.6 is 0 Å². The predicted octanol–water partition coefficient (Wildman–Crippen LogP) is 2.37. The number of ether oxygens (including phenoxy) is 1. The van der Waals surface area contributed by atoms with E-state index in [1.807, 2.05) is 25.1 Å². The van der Waals surface area contributed by atoms with Crippen molar-refractivity contribution < 1.29 is 9.53 Å². The van der Waals surface area contributed by atoms with Gasteiger partial charge in [-0.05, 0) is 25.0 Å². The summed E-state index contributed by atoms with van der Waals surface area (Å²) < 4.78 is 7.14.